The predicted molar refractivity (Wildman–Crippen MR) is 74.5 cm³/mol. The van der Waals surface area contributed by atoms with Crippen LogP contribution in [0.15, 0.2) is 24.3 Å². The molecular weight excluding hydrogens is 258 g/mol. The van der Waals surface area contributed by atoms with Crippen molar-refractivity contribution >= 4 is 18.0 Å². The van der Waals surface area contributed by atoms with E-state index in [2.05, 4.69) is 5.32 Å². The summed E-state index contributed by atoms with van der Waals surface area (Å²) in [5, 5.41) is 11.6. The third-order valence-electron chi connectivity index (χ3n) is 3.29. The van der Waals surface area contributed by atoms with Gasteiger partial charge in [-0.3, -0.25) is 4.79 Å². The van der Waals surface area contributed by atoms with Crippen molar-refractivity contribution in [2.75, 3.05) is 13.2 Å². The first-order valence-corrected chi connectivity index (χ1v) is 6.47. The highest BCUT2D eigenvalue weighted by atomic mass is 16.5. The molecule has 1 saturated heterocycles. The maximum atomic E-state index is 12.2. The van der Waals surface area contributed by atoms with Crippen molar-refractivity contribution in [3.8, 4) is 0 Å². The predicted octanol–water partition coefficient (Wildman–Crippen LogP) is 1.61. The van der Waals surface area contributed by atoms with Crippen LogP contribution in [0, 0.1) is 6.92 Å². The van der Waals surface area contributed by atoms with Crippen LogP contribution in [0.5, 0.6) is 0 Å². The summed E-state index contributed by atoms with van der Waals surface area (Å²) in [5.74, 6) is -1.16. The molecule has 2 N–H and O–H groups in total. The Morgan fingerprint density at radius 3 is 2.90 bits per heavy atom. The van der Waals surface area contributed by atoms with Gasteiger partial charge in [0.05, 0.1) is 12.6 Å². The lowest BCUT2D eigenvalue weighted by Crippen LogP contribution is -2.35. The molecule has 0 aromatic heterocycles. The second-order valence-electron chi connectivity index (χ2n) is 4.73. The van der Waals surface area contributed by atoms with Gasteiger partial charge in [0.1, 0.15) is 0 Å². The van der Waals surface area contributed by atoms with E-state index in [-0.39, 0.29) is 11.9 Å². The summed E-state index contributed by atoms with van der Waals surface area (Å²) < 4.78 is 5.22. The molecule has 1 fully saturated rings. The molecule has 1 unspecified atom stereocenters. The number of hydrogen-bond donors (Lipinski definition) is 2. The Bertz CT molecular complexity index is 545. The van der Waals surface area contributed by atoms with Crippen molar-refractivity contribution in [3.05, 3.63) is 41.0 Å². The van der Waals surface area contributed by atoms with Gasteiger partial charge in [-0.1, -0.05) is 12.1 Å². The minimum atomic E-state index is -1.01. The minimum Gasteiger partial charge on any atom is -0.478 e. The number of nitrogens with one attached hydrogen (secondary N) is 1. The molecule has 1 aromatic rings. The van der Waals surface area contributed by atoms with Gasteiger partial charge in [-0.25, -0.2) is 4.79 Å². The summed E-state index contributed by atoms with van der Waals surface area (Å²) in [5.41, 5.74) is 2.05. The summed E-state index contributed by atoms with van der Waals surface area (Å²) in [4.78, 5) is 22.8. The molecule has 1 aromatic carbocycles. The number of carbonyl (C=O) groups excluding carboxylic acids is 1. The summed E-state index contributed by atoms with van der Waals surface area (Å²) >= 11 is 0. The van der Waals surface area contributed by atoms with E-state index >= 15 is 0 Å². The zero-order chi connectivity index (χ0) is 14.5. The van der Waals surface area contributed by atoms with Crippen LogP contribution in [0.3, 0.4) is 0 Å². The molecule has 20 heavy (non-hydrogen) atoms. The molecule has 1 amide bonds. The third-order valence-corrected chi connectivity index (χ3v) is 3.29. The van der Waals surface area contributed by atoms with Crippen LogP contribution in [-0.4, -0.2) is 36.2 Å². The van der Waals surface area contributed by atoms with Crippen molar-refractivity contribution in [1.82, 2.24) is 5.32 Å². The first-order valence-electron chi connectivity index (χ1n) is 6.47. The molecule has 2 rings (SSSR count). The highest BCUT2D eigenvalue weighted by Crippen LogP contribution is 2.16. The highest BCUT2D eigenvalue weighted by Gasteiger charge is 2.19. The topological polar surface area (TPSA) is 75.6 Å². The largest absolute Gasteiger partial charge is 0.478 e. The van der Waals surface area contributed by atoms with Gasteiger partial charge in [0.25, 0.3) is 5.91 Å². The lowest BCUT2D eigenvalue weighted by atomic mass is 10.0. The zero-order valence-electron chi connectivity index (χ0n) is 11.3. The van der Waals surface area contributed by atoms with E-state index in [9.17, 15) is 9.59 Å². The van der Waals surface area contributed by atoms with E-state index in [4.69, 9.17) is 9.84 Å². The SMILES string of the molecule is Cc1c(/C=C/C(=O)O)cccc1C(=O)NC1CCOC1. The van der Waals surface area contributed by atoms with Gasteiger partial charge in [-0.2, -0.15) is 0 Å². The minimum absolute atomic E-state index is 0.0557. The molecule has 5 nitrogen and oxygen atoms in total. The monoisotopic (exact) mass is 275 g/mol. The van der Waals surface area contributed by atoms with Crippen LogP contribution in [0.25, 0.3) is 6.08 Å². The van der Waals surface area contributed by atoms with E-state index in [0.29, 0.717) is 18.8 Å². The van der Waals surface area contributed by atoms with Crippen LogP contribution in [0.4, 0.5) is 0 Å². The molecule has 0 aliphatic carbocycles. The summed E-state index contributed by atoms with van der Waals surface area (Å²) in [6, 6.07) is 5.32. The quantitative estimate of drug-likeness (QED) is 0.819. The average molecular weight is 275 g/mol. The number of hydrogen-bond acceptors (Lipinski definition) is 3. The molecule has 0 spiro atoms. The number of aliphatic carboxylic acids is 1. The molecule has 1 aliphatic heterocycles. The number of carboxylic acid groups (broad SMARTS) is 1. The second kappa shape index (κ2) is 6.34. The number of carbonyl (C=O) groups is 2. The number of ether oxygens (including phenoxy) is 1. The maximum Gasteiger partial charge on any atom is 0.328 e. The standard InChI is InChI=1S/C15H17NO4/c1-10-11(5-6-14(17)18)3-2-4-13(10)15(19)16-12-7-8-20-9-12/h2-6,12H,7-9H2,1H3,(H,16,19)(H,17,18)/b6-5+. The molecule has 0 saturated carbocycles. The van der Waals surface area contributed by atoms with E-state index < -0.39 is 5.97 Å². The van der Waals surface area contributed by atoms with E-state index in [1.54, 1.807) is 18.2 Å². The van der Waals surface area contributed by atoms with Crippen molar-refractivity contribution in [3.63, 3.8) is 0 Å². The molecule has 5 heteroatoms. The van der Waals surface area contributed by atoms with Gasteiger partial charge >= 0.3 is 5.97 Å². The van der Waals surface area contributed by atoms with Crippen molar-refractivity contribution < 1.29 is 19.4 Å². The Hall–Kier alpha value is -2.14. The fourth-order valence-electron chi connectivity index (χ4n) is 2.15. The van der Waals surface area contributed by atoms with Crippen molar-refractivity contribution in [2.24, 2.45) is 0 Å². The van der Waals surface area contributed by atoms with Crippen molar-refractivity contribution in [2.45, 2.75) is 19.4 Å². The Balaban J connectivity index is 2.16. The van der Waals surface area contributed by atoms with Gasteiger partial charge < -0.3 is 15.2 Å². The van der Waals surface area contributed by atoms with Crippen molar-refractivity contribution in [1.29, 1.82) is 0 Å². The van der Waals surface area contributed by atoms with Gasteiger partial charge in [0.2, 0.25) is 0 Å². The Morgan fingerprint density at radius 2 is 2.25 bits per heavy atom. The highest BCUT2D eigenvalue weighted by molar-refractivity contribution is 5.97. The van der Waals surface area contributed by atoms with Crippen LogP contribution in [0.1, 0.15) is 27.9 Å². The van der Waals surface area contributed by atoms with Crippen LogP contribution in [-0.2, 0) is 9.53 Å². The van der Waals surface area contributed by atoms with Gasteiger partial charge in [0.15, 0.2) is 0 Å². The molecule has 1 atom stereocenters. The number of amides is 1. The van der Waals surface area contributed by atoms with E-state index in [1.165, 1.54) is 6.08 Å². The Morgan fingerprint density at radius 1 is 1.45 bits per heavy atom. The summed E-state index contributed by atoms with van der Waals surface area (Å²) in [6.07, 6.45) is 3.38. The molecular formula is C15H17NO4. The first-order chi connectivity index (χ1) is 9.58. The van der Waals surface area contributed by atoms with Crippen LogP contribution >= 0.6 is 0 Å². The third kappa shape index (κ3) is 3.45. The fraction of sp³-hybridized carbons (Fsp3) is 0.333. The van der Waals surface area contributed by atoms with E-state index in [1.807, 2.05) is 6.92 Å². The zero-order valence-corrected chi connectivity index (χ0v) is 11.3. The number of benzene rings is 1. The maximum absolute atomic E-state index is 12.2. The second-order valence-corrected chi connectivity index (χ2v) is 4.73. The van der Waals surface area contributed by atoms with Crippen LogP contribution < -0.4 is 5.32 Å². The lowest BCUT2D eigenvalue weighted by molar-refractivity contribution is -0.131. The summed E-state index contributed by atoms with van der Waals surface area (Å²) in [7, 11) is 0. The van der Waals surface area contributed by atoms with Crippen LogP contribution in [0.2, 0.25) is 0 Å². The average Bonchev–Trinajstić information content (AvgIpc) is 2.90. The first kappa shape index (κ1) is 14.3. The molecule has 0 bridgehead atoms. The van der Waals surface area contributed by atoms with Gasteiger partial charge in [0, 0.05) is 18.2 Å². The Kier molecular flexibility index (Phi) is 4.53. The lowest BCUT2D eigenvalue weighted by Gasteiger charge is -2.13. The normalized spacial score (nSPS) is 18.4. The number of carboxylic acids is 1. The molecule has 0 radical (unpaired) electrons. The molecule has 1 heterocycles. The van der Waals surface area contributed by atoms with Gasteiger partial charge in [-0.15, -0.1) is 0 Å². The van der Waals surface area contributed by atoms with E-state index in [0.717, 1.165) is 23.6 Å². The summed E-state index contributed by atoms with van der Waals surface area (Å²) in [6.45, 7) is 3.02. The molecule has 106 valence electrons. The fourth-order valence-corrected chi connectivity index (χ4v) is 2.15. The Labute approximate surface area is 117 Å². The van der Waals surface area contributed by atoms with Gasteiger partial charge in [-0.05, 0) is 36.6 Å². The molecule has 1 aliphatic rings. The smallest absolute Gasteiger partial charge is 0.328 e. The number of rotatable bonds is 4.